The van der Waals surface area contributed by atoms with Gasteiger partial charge in [-0.25, -0.2) is 9.69 Å². The van der Waals surface area contributed by atoms with Gasteiger partial charge in [0.1, 0.15) is 0 Å². The van der Waals surface area contributed by atoms with Crippen LogP contribution < -0.4 is 5.43 Å². The predicted octanol–water partition coefficient (Wildman–Crippen LogP) is 6.08. The quantitative estimate of drug-likeness (QED) is 0.325. The largest absolute Gasteiger partial charge is 0.286 e. The Balaban J connectivity index is 1.53. The number of hydrogen-bond donors (Lipinski definition) is 1. The number of pyridine rings is 1. The van der Waals surface area contributed by atoms with E-state index in [0.29, 0.717) is 21.4 Å². The lowest BCUT2D eigenvalue weighted by atomic mass is 10.0. The molecule has 4 aromatic rings. The molecule has 1 fully saturated rings. The molecular weight excluding hydrogens is 505 g/mol. The van der Waals surface area contributed by atoms with E-state index >= 15 is 0 Å². The molecule has 1 N–H and O–H groups in total. The molecular formula is C29H25Cl2N5O. The van der Waals surface area contributed by atoms with E-state index in [-0.39, 0.29) is 5.91 Å². The van der Waals surface area contributed by atoms with Crippen molar-refractivity contribution in [1.29, 1.82) is 0 Å². The Labute approximate surface area is 226 Å². The third-order valence-electron chi connectivity index (χ3n) is 6.26. The molecule has 1 aliphatic heterocycles. The van der Waals surface area contributed by atoms with Crippen LogP contribution in [0.4, 0.5) is 0 Å². The van der Waals surface area contributed by atoms with Crippen LogP contribution in [-0.4, -0.2) is 38.8 Å². The summed E-state index contributed by atoms with van der Waals surface area (Å²) in [5.74, 6) is 6.06. The number of nitrogens with one attached hydrogen (secondary N) is 1. The molecule has 1 saturated heterocycles. The lowest BCUT2D eigenvalue weighted by Crippen LogP contribution is -2.45. The summed E-state index contributed by atoms with van der Waals surface area (Å²) in [4.78, 5) is 17.4. The zero-order chi connectivity index (χ0) is 25.8. The maximum atomic E-state index is 13.3. The Kier molecular flexibility index (Phi) is 7.57. The summed E-state index contributed by atoms with van der Waals surface area (Å²) < 4.78 is 1.72. The normalized spacial score (nSPS) is 13.6. The van der Waals surface area contributed by atoms with Crippen LogP contribution >= 0.6 is 23.2 Å². The van der Waals surface area contributed by atoms with Crippen LogP contribution in [0.15, 0.2) is 67.0 Å². The Morgan fingerprint density at radius 1 is 0.973 bits per heavy atom. The van der Waals surface area contributed by atoms with Gasteiger partial charge in [0.2, 0.25) is 0 Å². The molecule has 2 aromatic carbocycles. The molecule has 0 saturated carbocycles. The molecule has 0 bridgehead atoms. The smallest absolute Gasteiger partial charge is 0.283 e. The number of rotatable bonds is 4. The highest BCUT2D eigenvalue weighted by atomic mass is 35.5. The minimum Gasteiger partial charge on any atom is -0.283 e. The molecule has 0 atom stereocenters. The van der Waals surface area contributed by atoms with Gasteiger partial charge in [-0.05, 0) is 62.2 Å². The average molecular weight is 530 g/mol. The third-order valence-corrected chi connectivity index (χ3v) is 6.80. The van der Waals surface area contributed by atoms with Gasteiger partial charge in [-0.1, -0.05) is 53.6 Å². The average Bonchev–Trinajstić information content (AvgIpc) is 3.25. The fraction of sp³-hybridized carbons (Fsp3) is 0.207. The molecule has 186 valence electrons. The number of benzene rings is 2. The van der Waals surface area contributed by atoms with Crippen molar-refractivity contribution >= 4 is 29.1 Å². The van der Waals surface area contributed by atoms with Crippen molar-refractivity contribution in [2.24, 2.45) is 0 Å². The van der Waals surface area contributed by atoms with E-state index in [1.165, 1.54) is 6.42 Å². The lowest BCUT2D eigenvalue weighted by Gasteiger charge is -2.26. The number of aromatic nitrogens is 3. The van der Waals surface area contributed by atoms with Crippen LogP contribution in [0, 0.1) is 18.8 Å². The van der Waals surface area contributed by atoms with E-state index in [2.05, 4.69) is 22.3 Å². The predicted molar refractivity (Wildman–Crippen MR) is 147 cm³/mol. The summed E-state index contributed by atoms with van der Waals surface area (Å²) in [5, 5.41) is 7.66. The number of carbonyl (C=O) groups excluding carboxylic acids is 1. The maximum absolute atomic E-state index is 13.3. The zero-order valence-corrected chi connectivity index (χ0v) is 21.9. The second kappa shape index (κ2) is 11.2. The van der Waals surface area contributed by atoms with E-state index in [9.17, 15) is 4.79 Å². The Morgan fingerprint density at radius 3 is 2.43 bits per heavy atom. The fourth-order valence-electron chi connectivity index (χ4n) is 4.37. The van der Waals surface area contributed by atoms with Crippen molar-refractivity contribution in [1.82, 2.24) is 25.2 Å². The molecule has 0 radical (unpaired) electrons. The zero-order valence-electron chi connectivity index (χ0n) is 20.3. The summed E-state index contributed by atoms with van der Waals surface area (Å²) >= 11 is 12.7. The molecule has 37 heavy (non-hydrogen) atoms. The number of hydrazine groups is 1. The molecule has 0 unspecified atom stereocenters. The van der Waals surface area contributed by atoms with Gasteiger partial charge in [0.05, 0.1) is 16.4 Å². The van der Waals surface area contributed by atoms with Gasteiger partial charge in [-0.15, -0.1) is 0 Å². The molecule has 1 amide bonds. The van der Waals surface area contributed by atoms with Gasteiger partial charge >= 0.3 is 0 Å². The highest BCUT2D eigenvalue weighted by molar-refractivity contribution is 6.35. The van der Waals surface area contributed by atoms with Crippen LogP contribution in [0.1, 0.15) is 46.4 Å². The summed E-state index contributed by atoms with van der Waals surface area (Å²) in [6.45, 7) is 3.58. The van der Waals surface area contributed by atoms with Gasteiger partial charge in [0.25, 0.3) is 5.91 Å². The van der Waals surface area contributed by atoms with Gasteiger partial charge in [-0.2, -0.15) is 5.10 Å². The maximum Gasteiger partial charge on any atom is 0.286 e. The monoisotopic (exact) mass is 529 g/mol. The Morgan fingerprint density at radius 2 is 1.73 bits per heavy atom. The second-order valence-corrected chi connectivity index (χ2v) is 9.73. The van der Waals surface area contributed by atoms with E-state index in [4.69, 9.17) is 28.3 Å². The third kappa shape index (κ3) is 5.70. The highest BCUT2D eigenvalue weighted by Gasteiger charge is 2.24. The molecule has 8 heteroatoms. The van der Waals surface area contributed by atoms with Crippen molar-refractivity contribution < 1.29 is 4.79 Å². The lowest BCUT2D eigenvalue weighted by molar-refractivity contribution is 0.0743. The first kappa shape index (κ1) is 25.0. The standard InChI is InChI=1S/C29H25Cl2N5O/c1-20-27(29(37)34-35-16-3-2-4-17-35)33-36(26-14-13-24(30)18-25(26)31)28(20)23-11-9-21(10-12-23)7-8-22-6-5-15-32-19-22/h5-6,9-15,18-19H,2-4,16-17H2,1H3,(H,34,37). The first-order valence-electron chi connectivity index (χ1n) is 12.1. The first-order valence-corrected chi connectivity index (χ1v) is 12.9. The van der Waals surface area contributed by atoms with Crippen molar-refractivity contribution in [3.63, 3.8) is 0 Å². The van der Waals surface area contributed by atoms with Gasteiger partial charge in [0, 0.05) is 52.8 Å². The van der Waals surface area contributed by atoms with E-state index < -0.39 is 0 Å². The molecule has 2 aromatic heterocycles. The van der Waals surface area contributed by atoms with Crippen molar-refractivity contribution in [2.45, 2.75) is 26.2 Å². The van der Waals surface area contributed by atoms with Crippen LogP contribution in [0.25, 0.3) is 16.9 Å². The number of halogens is 2. The Bertz CT molecular complexity index is 1480. The van der Waals surface area contributed by atoms with Gasteiger partial charge in [-0.3, -0.25) is 15.2 Å². The van der Waals surface area contributed by atoms with Crippen molar-refractivity contribution in [3.05, 3.63) is 99.4 Å². The van der Waals surface area contributed by atoms with Gasteiger partial charge in [0.15, 0.2) is 5.69 Å². The summed E-state index contributed by atoms with van der Waals surface area (Å²) in [7, 11) is 0. The van der Waals surface area contributed by atoms with E-state index in [1.54, 1.807) is 35.3 Å². The van der Waals surface area contributed by atoms with Crippen molar-refractivity contribution in [3.8, 4) is 28.8 Å². The number of piperidine rings is 1. The van der Waals surface area contributed by atoms with E-state index in [1.807, 2.05) is 48.3 Å². The summed E-state index contributed by atoms with van der Waals surface area (Å²) in [5.41, 5.74) is 8.16. The molecule has 6 nitrogen and oxygen atoms in total. The number of amides is 1. The Hall–Kier alpha value is -3.63. The summed E-state index contributed by atoms with van der Waals surface area (Å²) in [6, 6.07) is 16.9. The van der Waals surface area contributed by atoms with Gasteiger partial charge < -0.3 is 0 Å². The van der Waals surface area contributed by atoms with Crippen LogP contribution in [0.5, 0.6) is 0 Å². The fourth-order valence-corrected chi connectivity index (χ4v) is 4.86. The SMILES string of the molecule is Cc1c(C(=O)NN2CCCCC2)nn(-c2ccc(Cl)cc2Cl)c1-c1ccc(C#Cc2cccnc2)cc1. The minimum absolute atomic E-state index is 0.233. The van der Waals surface area contributed by atoms with Crippen LogP contribution in [0.3, 0.4) is 0 Å². The van der Waals surface area contributed by atoms with Crippen molar-refractivity contribution in [2.75, 3.05) is 13.1 Å². The van der Waals surface area contributed by atoms with E-state index in [0.717, 1.165) is 53.9 Å². The first-order chi connectivity index (χ1) is 18.0. The topological polar surface area (TPSA) is 63.1 Å². The van der Waals surface area contributed by atoms with Crippen LogP contribution in [0.2, 0.25) is 10.0 Å². The molecule has 3 heterocycles. The minimum atomic E-state index is -0.233. The molecule has 0 spiro atoms. The molecule has 5 rings (SSSR count). The second-order valence-electron chi connectivity index (χ2n) is 8.89. The van der Waals surface area contributed by atoms with Crippen LogP contribution in [-0.2, 0) is 0 Å². The number of hydrogen-bond acceptors (Lipinski definition) is 4. The highest BCUT2D eigenvalue weighted by Crippen LogP contribution is 2.33. The molecule has 1 aliphatic rings. The summed E-state index contributed by atoms with van der Waals surface area (Å²) in [6.07, 6.45) is 6.77. The molecule has 0 aliphatic carbocycles. The number of nitrogens with zero attached hydrogens (tertiary/aromatic N) is 4. The number of carbonyl (C=O) groups is 1.